The van der Waals surface area contributed by atoms with Gasteiger partial charge in [-0.05, 0) is 62.9 Å². The maximum atomic E-state index is 15.4. The van der Waals surface area contributed by atoms with Crippen molar-refractivity contribution in [3.63, 3.8) is 0 Å². The summed E-state index contributed by atoms with van der Waals surface area (Å²) in [5.74, 6) is -2.11. The maximum Gasteiger partial charge on any atom is 0.323 e. The van der Waals surface area contributed by atoms with Gasteiger partial charge in [0.05, 0.1) is 52.5 Å². The Morgan fingerprint density at radius 1 is 0.966 bits per heavy atom. The topological polar surface area (TPSA) is 213 Å². The van der Waals surface area contributed by atoms with Gasteiger partial charge in [-0.2, -0.15) is 10.1 Å². The minimum Gasteiger partial charge on any atom is -0.367 e. The summed E-state index contributed by atoms with van der Waals surface area (Å²) in [5, 5.41) is 16.6. The van der Waals surface area contributed by atoms with E-state index in [2.05, 4.69) is 46.1 Å². The first-order chi connectivity index (χ1) is 28.6. The van der Waals surface area contributed by atoms with Gasteiger partial charge in [0.2, 0.25) is 23.5 Å². The molecule has 18 nitrogen and oxygen atoms in total. The fourth-order valence-electron chi connectivity index (χ4n) is 8.58. The van der Waals surface area contributed by atoms with Crippen molar-refractivity contribution < 1.29 is 32.9 Å². The van der Waals surface area contributed by atoms with Crippen LogP contribution in [0, 0.1) is 12.7 Å². The van der Waals surface area contributed by atoms with Crippen LogP contribution in [0.15, 0.2) is 47.4 Å². The van der Waals surface area contributed by atoms with E-state index in [9.17, 15) is 24.0 Å². The van der Waals surface area contributed by atoms with Crippen molar-refractivity contribution in [1.82, 2.24) is 44.8 Å². The zero-order chi connectivity index (χ0) is 40.8. The standard InChI is InChI=1S/C40H41FN12O6/c1-22-17-24(45-40(58)46-28-21-42-31-10-11-44-53(31)35(28)23-5-2-3-6-23)20-43-34(22)36-48-33(59-49-36)7-4-12-50-13-15-51(16-14-50)30-19-26-25(18-27(30)41)38(56)52(39(26)57)29-8-9-32(54)47-37(29)55/h10-11,17-21,23,29H,2-9,12-16H2,1H3,(H2,45,46,58)(H,47,54,55). The largest absolute Gasteiger partial charge is 0.367 e. The smallest absolute Gasteiger partial charge is 0.323 e. The molecule has 1 aromatic carbocycles. The Bertz CT molecular complexity index is 2510. The molecule has 0 radical (unpaired) electrons. The molecule has 304 valence electrons. The number of nitrogens with one attached hydrogen (secondary N) is 3. The molecule has 7 heterocycles. The highest BCUT2D eigenvalue weighted by Crippen LogP contribution is 2.38. The summed E-state index contributed by atoms with van der Waals surface area (Å²) in [6.07, 6.45) is 10.6. The second kappa shape index (κ2) is 15.6. The number of piperidine rings is 1. The van der Waals surface area contributed by atoms with E-state index < -0.39 is 41.5 Å². The van der Waals surface area contributed by atoms with Crippen LogP contribution in [0.25, 0.3) is 17.2 Å². The van der Waals surface area contributed by atoms with Gasteiger partial charge in [0.25, 0.3) is 11.8 Å². The Morgan fingerprint density at radius 2 is 1.75 bits per heavy atom. The van der Waals surface area contributed by atoms with Crippen molar-refractivity contribution in [3.8, 4) is 11.5 Å². The lowest BCUT2D eigenvalue weighted by Gasteiger charge is -2.36. The number of amides is 6. The Balaban J connectivity index is 0.761. The number of aromatic nitrogens is 6. The summed E-state index contributed by atoms with van der Waals surface area (Å²) in [4.78, 5) is 82.0. The van der Waals surface area contributed by atoms with Crippen LogP contribution in [0.3, 0.4) is 0 Å². The first-order valence-corrected chi connectivity index (χ1v) is 19.8. The summed E-state index contributed by atoms with van der Waals surface area (Å²) in [6.45, 7) is 4.87. The van der Waals surface area contributed by atoms with E-state index in [1.165, 1.54) is 6.07 Å². The molecule has 1 atom stereocenters. The number of pyridine rings is 1. The molecule has 59 heavy (non-hydrogen) atoms. The Hall–Kier alpha value is -6.63. The van der Waals surface area contributed by atoms with Gasteiger partial charge in [0, 0.05) is 51.0 Å². The molecule has 1 aliphatic carbocycles. The number of halogens is 1. The number of carbonyl (C=O) groups is 5. The van der Waals surface area contributed by atoms with Gasteiger partial charge < -0.3 is 20.1 Å². The average Bonchev–Trinajstić information content (AvgIpc) is 4.05. The van der Waals surface area contributed by atoms with Crippen LogP contribution in [0.1, 0.15) is 88.7 Å². The SMILES string of the molecule is Cc1cc(NC(=O)Nc2cnc3ccnn3c2C2CCCC2)cnc1-c1noc(CCCN2CCN(c3cc4c(cc3F)C(=O)N(C3CCC(=O)NC3=O)C4=O)CC2)n1. The van der Waals surface area contributed by atoms with Crippen LogP contribution in [-0.2, 0) is 16.0 Å². The van der Waals surface area contributed by atoms with Crippen LogP contribution in [0.4, 0.5) is 26.2 Å². The van der Waals surface area contributed by atoms with Gasteiger partial charge in [-0.25, -0.2) is 18.7 Å². The summed E-state index contributed by atoms with van der Waals surface area (Å²) < 4.78 is 22.7. The fourth-order valence-corrected chi connectivity index (χ4v) is 8.58. The number of hydrogen-bond donors (Lipinski definition) is 3. The van der Waals surface area contributed by atoms with Crippen molar-refractivity contribution >= 4 is 52.4 Å². The van der Waals surface area contributed by atoms with Gasteiger partial charge in [0.1, 0.15) is 17.6 Å². The van der Waals surface area contributed by atoms with E-state index in [0.717, 1.165) is 66.5 Å². The van der Waals surface area contributed by atoms with Crippen molar-refractivity contribution in [2.24, 2.45) is 0 Å². The van der Waals surface area contributed by atoms with Crippen molar-refractivity contribution in [2.75, 3.05) is 48.3 Å². The zero-order valence-electron chi connectivity index (χ0n) is 32.2. The molecule has 5 aromatic rings. The number of hydrogen-bond acceptors (Lipinski definition) is 13. The monoisotopic (exact) mass is 804 g/mol. The lowest BCUT2D eigenvalue weighted by Crippen LogP contribution is -2.54. The molecule has 2 saturated heterocycles. The molecule has 1 saturated carbocycles. The number of carbonyl (C=O) groups excluding carboxylic acids is 5. The average molecular weight is 805 g/mol. The molecule has 3 N–H and O–H groups in total. The van der Waals surface area contributed by atoms with Gasteiger partial charge >= 0.3 is 6.03 Å². The predicted octanol–water partition coefficient (Wildman–Crippen LogP) is 4.08. The second-order valence-electron chi connectivity index (χ2n) is 15.3. The molecule has 0 bridgehead atoms. The number of nitrogens with zero attached hydrogens (tertiary/aromatic N) is 9. The van der Waals surface area contributed by atoms with Crippen molar-refractivity contribution in [3.05, 3.63) is 76.9 Å². The Labute approximate surface area is 336 Å². The van der Waals surface area contributed by atoms with Crippen LogP contribution >= 0.6 is 0 Å². The highest BCUT2D eigenvalue weighted by atomic mass is 19.1. The molecule has 1 unspecified atom stereocenters. The number of benzene rings is 1. The van der Waals surface area contributed by atoms with E-state index in [1.807, 2.05) is 22.4 Å². The van der Waals surface area contributed by atoms with E-state index in [0.29, 0.717) is 67.3 Å². The maximum absolute atomic E-state index is 15.4. The van der Waals surface area contributed by atoms with Gasteiger partial charge in [0.15, 0.2) is 5.65 Å². The molecular formula is C40H41FN12O6. The summed E-state index contributed by atoms with van der Waals surface area (Å²) in [7, 11) is 0. The normalized spacial score (nSPS) is 18.8. The minimum atomic E-state index is -1.12. The molecule has 3 fully saturated rings. The molecule has 6 amide bonds. The molecule has 9 rings (SSSR count). The lowest BCUT2D eigenvalue weighted by molar-refractivity contribution is -0.136. The summed E-state index contributed by atoms with van der Waals surface area (Å²) >= 11 is 0. The highest BCUT2D eigenvalue weighted by Gasteiger charge is 2.45. The number of rotatable bonds is 10. The lowest BCUT2D eigenvalue weighted by atomic mass is 10.0. The first kappa shape index (κ1) is 37.9. The highest BCUT2D eigenvalue weighted by molar-refractivity contribution is 6.23. The van der Waals surface area contributed by atoms with Gasteiger partial charge in [-0.1, -0.05) is 18.0 Å². The van der Waals surface area contributed by atoms with Crippen LogP contribution in [0.5, 0.6) is 0 Å². The number of aryl methyl sites for hydroxylation is 2. The quantitative estimate of drug-likeness (QED) is 0.170. The molecule has 19 heteroatoms. The van der Waals surface area contributed by atoms with Crippen molar-refractivity contribution in [2.45, 2.75) is 70.3 Å². The van der Waals surface area contributed by atoms with Gasteiger partial charge in [-0.15, -0.1) is 0 Å². The third kappa shape index (κ3) is 7.37. The van der Waals surface area contributed by atoms with Crippen LogP contribution in [-0.4, -0.2) is 108 Å². The number of fused-ring (bicyclic) bond motifs is 2. The molecule has 0 spiro atoms. The van der Waals surface area contributed by atoms with E-state index in [-0.39, 0.29) is 29.7 Å². The predicted molar refractivity (Wildman–Crippen MR) is 209 cm³/mol. The van der Waals surface area contributed by atoms with Crippen LogP contribution in [0.2, 0.25) is 0 Å². The number of piperazine rings is 1. The molecule has 3 aliphatic heterocycles. The summed E-state index contributed by atoms with van der Waals surface area (Å²) in [6, 6.07) is 4.57. The zero-order valence-corrected chi connectivity index (χ0v) is 32.2. The van der Waals surface area contributed by atoms with E-state index in [1.54, 1.807) is 24.7 Å². The number of imide groups is 2. The number of anilines is 3. The van der Waals surface area contributed by atoms with Gasteiger partial charge in [-0.3, -0.25) is 39.3 Å². The van der Waals surface area contributed by atoms with Crippen molar-refractivity contribution in [1.29, 1.82) is 0 Å². The summed E-state index contributed by atoms with van der Waals surface area (Å²) in [5.41, 5.74) is 4.29. The third-order valence-corrected chi connectivity index (χ3v) is 11.5. The minimum absolute atomic E-state index is 0.00385. The van der Waals surface area contributed by atoms with E-state index in [4.69, 9.17) is 4.52 Å². The Morgan fingerprint density at radius 3 is 2.51 bits per heavy atom. The first-order valence-electron chi connectivity index (χ1n) is 19.8. The molecule has 4 aliphatic rings. The fraction of sp³-hybridized carbons (Fsp3) is 0.400. The van der Waals surface area contributed by atoms with Crippen LogP contribution < -0.4 is 20.9 Å². The number of urea groups is 1. The third-order valence-electron chi connectivity index (χ3n) is 11.5. The second-order valence-corrected chi connectivity index (χ2v) is 15.3. The van der Waals surface area contributed by atoms with E-state index >= 15 is 4.39 Å². The molecule has 4 aromatic heterocycles. The Kier molecular flexibility index (Phi) is 10.0. The molecular weight excluding hydrogens is 764 g/mol.